The molecule has 0 unspecified atom stereocenters. The first kappa shape index (κ1) is 9.44. The Morgan fingerprint density at radius 3 is 3.00 bits per heavy atom. The maximum absolute atomic E-state index is 11.1. The summed E-state index contributed by atoms with van der Waals surface area (Å²) < 4.78 is 0. The lowest BCUT2D eigenvalue weighted by molar-refractivity contribution is -0.137. The van der Waals surface area contributed by atoms with Crippen LogP contribution >= 0.6 is 0 Å². The maximum atomic E-state index is 11.1. The number of aryl methyl sites for hydroxylation is 1. The van der Waals surface area contributed by atoms with Gasteiger partial charge in [-0.3, -0.25) is 9.59 Å². The average Bonchev–Trinajstić information content (AvgIpc) is 2.08. The standard InChI is InChI=1S/C8H10N2O3/c11-7(12)3-1-2-6-4-9-5-10-8(6)13/h4-5H,1-3H2,(H,11,12)(H,9,10,13). The predicted molar refractivity (Wildman–Crippen MR) is 45.4 cm³/mol. The van der Waals surface area contributed by atoms with Gasteiger partial charge in [-0.1, -0.05) is 0 Å². The minimum Gasteiger partial charge on any atom is -0.481 e. The number of aromatic nitrogens is 2. The van der Waals surface area contributed by atoms with E-state index in [1.807, 2.05) is 0 Å². The van der Waals surface area contributed by atoms with Gasteiger partial charge in [0.1, 0.15) is 0 Å². The summed E-state index contributed by atoms with van der Waals surface area (Å²) in [5, 5.41) is 8.36. The highest BCUT2D eigenvalue weighted by Crippen LogP contribution is 1.97. The second-order valence-corrected chi connectivity index (χ2v) is 2.65. The van der Waals surface area contributed by atoms with E-state index in [2.05, 4.69) is 9.97 Å². The molecule has 0 saturated heterocycles. The van der Waals surface area contributed by atoms with E-state index >= 15 is 0 Å². The topological polar surface area (TPSA) is 83.0 Å². The number of carboxylic acid groups (broad SMARTS) is 1. The van der Waals surface area contributed by atoms with E-state index < -0.39 is 5.97 Å². The van der Waals surface area contributed by atoms with Crippen molar-refractivity contribution in [3.63, 3.8) is 0 Å². The maximum Gasteiger partial charge on any atom is 0.303 e. The molecule has 0 atom stereocenters. The molecular weight excluding hydrogens is 172 g/mol. The highest BCUT2D eigenvalue weighted by molar-refractivity contribution is 5.66. The van der Waals surface area contributed by atoms with Crippen LogP contribution in [0.3, 0.4) is 0 Å². The van der Waals surface area contributed by atoms with Crippen molar-refractivity contribution in [3.05, 3.63) is 28.4 Å². The Morgan fingerprint density at radius 1 is 1.62 bits per heavy atom. The molecule has 1 aromatic rings. The molecule has 0 aliphatic heterocycles. The first-order chi connectivity index (χ1) is 6.20. The molecule has 5 heteroatoms. The molecule has 0 fully saturated rings. The van der Waals surface area contributed by atoms with E-state index in [4.69, 9.17) is 5.11 Å². The molecule has 0 bridgehead atoms. The first-order valence-corrected chi connectivity index (χ1v) is 3.93. The van der Waals surface area contributed by atoms with Crippen LogP contribution in [-0.4, -0.2) is 21.0 Å². The normalized spacial score (nSPS) is 9.85. The molecule has 0 spiro atoms. The van der Waals surface area contributed by atoms with Gasteiger partial charge in [-0.2, -0.15) is 0 Å². The predicted octanol–water partition coefficient (Wildman–Crippen LogP) is 0.177. The second-order valence-electron chi connectivity index (χ2n) is 2.65. The molecular formula is C8H10N2O3. The summed E-state index contributed by atoms with van der Waals surface area (Å²) in [5.74, 6) is -0.847. The lowest BCUT2D eigenvalue weighted by Crippen LogP contribution is -2.12. The van der Waals surface area contributed by atoms with Gasteiger partial charge in [0.15, 0.2) is 0 Å². The Bertz CT molecular complexity index is 345. The number of carboxylic acids is 1. The van der Waals surface area contributed by atoms with Crippen molar-refractivity contribution < 1.29 is 9.90 Å². The number of aliphatic carboxylic acids is 1. The summed E-state index contributed by atoms with van der Waals surface area (Å²) in [7, 11) is 0. The Hall–Kier alpha value is -1.65. The van der Waals surface area contributed by atoms with Gasteiger partial charge >= 0.3 is 5.97 Å². The van der Waals surface area contributed by atoms with Crippen LogP contribution in [0.2, 0.25) is 0 Å². The molecule has 0 radical (unpaired) electrons. The Balaban J connectivity index is 2.50. The van der Waals surface area contributed by atoms with Crippen LogP contribution in [0.15, 0.2) is 17.3 Å². The van der Waals surface area contributed by atoms with E-state index in [9.17, 15) is 9.59 Å². The average molecular weight is 182 g/mol. The number of hydrogen-bond acceptors (Lipinski definition) is 3. The van der Waals surface area contributed by atoms with Gasteiger partial charge in [-0.15, -0.1) is 0 Å². The fraction of sp³-hybridized carbons (Fsp3) is 0.375. The SMILES string of the molecule is O=C(O)CCCc1cnc[nH]c1=O. The monoisotopic (exact) mass is 182 g/mol. The third-order valence-electron chi connectivity index (χ3n) is 1.63. The zero-order valence-electron chi connectivity index (χ0n) is 6.99. The molecule has 0 saturated carbocycles. The van der Waals surface area contributed by atoms with E-state index in [0.29, 0.717) is 18.4 Å². The van der Waals surface area contributed by atoms with Crippen molar-refractivity contribution in [2.45, 2.75) is 19.3 Å². The number of carbonyl (C=O) groups is 1. The molecule has 0 amide bonds. The zero-order valence-corrected chi connectivity index (χ0v) is 6.99. The number of H-pyrrole nitrogens is 1. The van der Waals surface area contributed by atoms with Crippen LogP contribution in [0.1, 0.15) is 18.4 Å². The molecule has 0 aliphatic carbocycles. The van der Waals surface area contributed by atoms with Crippen LogP contribution in [-0.2, 0) is 11.2 Å². The molecule has 0 aromatic carbocycles. The van der Waals surface area contributed by atoms with Gasteiger partial charge in [-0.05, 0) is 12.8 Å². The minimum atomic E-state index is -0.847. The summed E-state index contributed by atoms with van der Waals surface area (Å²) in [5.41, 5.74) is 0.337. The Morgan fingerprint density at radius 2 is 2.38 bits per heavy atom. The Labute approximate surface area is 74.4 Å². The van der Waals surface area contributed by atoms with Crippen molar-refractivity contribution in [1.29, 1.82) is 0 Å². The summed E-state index contributed by atoms with van der Waals surface area (Å²) in [6, 6.07) is 0. The van der Waals surface area contributed by atoms with Crippen LogP contribution in [0, 0.1) is 0 Å². The summed E-state index contributed by atoms with van der Waals surface area (Å²) in [6.45, 7) is 0. The van der Waals surface area contributed by atoms with E-state index in [1.54, 1.807) is 0 Å². The number of nitrogens with zero attached hydrogens (tertiary/aromatic N) is 1. The van der Waals surface area contributed by atoms with Gasteiger partial charge in [0, 0.05) is 18.2 Å². The van der Waals surface area contributed by atoms with Gasteiger partial charge in [0.05, 0.1) is 6.33 Å². The highest BCUT2D eigenvalue weighted by Gasteiger charge is 2.01. The van der Waals surface area contributed by atoms with Crippen molar-refractivity contribution in [3.8, 4) is 0 Å². The van der Waals surface area contributed by atoms with Crippen LogP contribution in [0.4, 0.5) is 0 Å². The third-order valence-corrected chi connectivity index (χ3v) is 1.63. The molecule has 1 aromatic heterocycles. The van der Waals surface area contributed by atoms with Crippen LogP contribution in [0.5, 0.6) is 0 Å². The molecule has 0 aliphatic rings. The van der Waals surface area contributed by atoms with Gasteiger partial charge in [0.2, 0.25) is 0 Å². The van der Waals surface area contributed by atoms with Crippen LogP contribution < -0.4 is 5.56 Å². The van der Waals surface area contributed by atoms with Gasteiger partial charge in [0.25, 0.3) is 5.56 Å². The number of hydrogen-bond donors (Lipinski definition) is 2. The fourth-order valence-corrected chi connectivity index (χ4v) is 0.983. The number of aromatic amines is 1. The van der Waals surface area contributed by atoms with Crippen molar-refractivity contribution in [2.75, 3.05) is 0 Å². The molecule has 13 heavy (non-hydrogen) atoms. The lowest BCUT2D eigenvalue weighted by atomic mass is 10.1. The molecule has 1 rings (SSSR count). The van der Waals surface area contributed by atoms with E-state index in [0.717, 1.165) is 0 Å². The first-order valence-electron chi connectivity index (χ1n) is 3.93. The van der Waals surface area contributed by atoms with Crippen molar-refractivity contribution in [1.82, 2.24) is 9.97 Å². The second kappa shape index (κ2) is 4.39. The quantitative estimate of drug-likeness (QED) is 0.695. The smallest absolute Gasteiger partial charge is 0.303 e. The van der Waals surface area contributed by atoms with Gasteiger partial charge < -0.3 is 10.1 Å². The lowest BCUT2D eigenvalue weighted by Gasteiger charge is -1.96. The van der Waals surface area contributed by atoms with Crippen LogP contribution in [0.25, 0.3) is 0 Å². The molecule has 2 N–H and O–H groups in total. The summed E-state index contributed by atoms with van der Waals surface area (Å²) >= 11 is 0. The molecule has 1 heterocycles. The largest absolute Gasteiger partial charge is 0.481 e. The van der Waals surface area contributed by atoms with E-state index in [1.165, 1.54) is 12.5 Å². The van der Waals surface area contributed by atoms with Crippen molar-refractivity contribution >= 4 is 5.97 Å². The third kappa shape index (κ3) is 3.06. The zero-order chi connectivity index (χ0) is 9.68. The minimum absolute atomic E-state index is 0.0777. The molecule has 5 nitrogen and oxygen atoms in total. The molecule has 70 valence electrons. The van der Waals surface area contributed by atoms with E-state index in [-0.39, 0.29) is 12.0 Å². The summed E-state index contributed by atoms with van der Waals surface area (Å²) in [6.07, 6.45) is 3.76. The number of rotatable bonds is 4. The van der Waals surface area contributed by atoms with Crippen molar-refractivity contribution in [2.24, 2.45) is 0 Å². The summed E-state index contributed by atoms with van der Waals surface area (Å²) in [4.78, 5) is 27.4. The van der Waals surface area contributed by atoms with Gasteiger partial charge in [-0.25, -0.2) is 4.98 Å². The number of nitrogens with one attached hydrogen (secondary N) is 1. The Kier molecular flexibility index (Phi) is 3.19. The highest BCUT2D eigenvalue weighted by atomic mass is 16.4. The fourth-order valence-electron chi connectivity index (χ4n) is 0.983.